The molecule has 2 saturated heterocycles. The molecule has 11 heteroatoms. The number of ether oxygens (including phenoxy) is 2. The standard InChI is InChI=1S/C71H96N4O7/c1-63(2)61(82-63)51(77)35-64(3)21-16-44-37-74-56-46(31-41-30-45(42-14-10-9-11-15-42)33-47(32-41)71(80)24-28-81-29-25-71)38-75(57(44)56)39-49-52-54(64)50(76)36-66(52,5)67(6)40-69(19-12-13-20-69)62-65(4,23-27-72-8)60(79)53-48-18-26-73-55(48)43-17-22-70(53,34-43)68(62,7)59(67)58(49)78/h18,26,30,32-33,37-38,42-43,49,51,53,58-59,61-62,72-74,77-78,80H,9-17,19-25,27-29,31,34-36,39-40H2,1-8H3/t43-,49+,51+,53+,58+,59-,61+,62-,64-,65+,66-,67-,68-,70-/m0/s1. The molecule has 8 fully saturated rings. The predicted molar refractivity (Wildman–Crippen MR) is 318 cm³/mol. The number of hydrogen-bond donors (Lipinski definition) is 6. The second kappa shape index (κ2) is 18.4. The predicted octanol–water partition coefficient (Wildman–Crippen LogP) is 12.5. The van der Waals surface area contributed by atoms with Crippen LogP contribution >= 0.6 is 0 Å². The summed E-state index contributed by atoms with van der Waals surface area (Å²) in [5.74, 6) is 0.631. The van der Waals surface area contributed by atoms with Gasteiger partial charge >= 0.3 is 0 Å². The van der Waals surface area contributed by atoms with E-state index in [1.165, 1.54) is 76.7 Å². The summed E-state index contributed by atoms with van der Waals surface area (Å²) in [5.41, 5.74) is 8.04. The van der Waals surface area contributed by atoms with Crippen molar-refractivity contribution in [3.05, 3.63) is 93.1 Å². The fraction of sp³-hybridized carbons (Fsp3) is 0.718. The molecule has 11 aliphatic rings. The van der Waals surface area contributed by atoms with E-state index in [1.807, 2.05) is 7.05 Å². The molecule has 3 aliphatic heterocycles. The molecular weight excluding hydrogens is 1020 g/mol. The van der Waals surface area contributed by atoms with Gasteiger partial charge in [0.1, 0.15) is 11.9 Å². The number of allylic oxidation sites excluding steroid dienone is 1. The van der Waals surface area contributed by atoms with Crippen molar-refractivity contribution in [3.8, 4) is 0 Å². The van der Waals surface area contributed by atoms with Crippen LogP contribution in [0.2, 0.25) is 0 Å². The Hall–Kier alpha value is -3.84. The number of rotatable bonds is 10. The number of aliphatic hydroxyl groups is 3. The van der Waals surface area contributed by atoms with Gasteiger partial charge in [-0.25, -0.2) is 0 Å². The van der Waals surface area contributed by atoms with Gasteiger partial charge in [-0.15, -0.1) is 0 Å². The summed E-state index contributed by atoms with van der Waals surface area (Å²) < 4.78 is 14.5. The van der Waals surface area contributed by atoms with Gasteiger partial charge in [-0.2, -0.15) is 0 Å². The Kier molecular flexibility index (Phi) is 12.3. The minimum absolute atomic E-state index is 0.0567. The molecular formula is C71H96N4O7. The minimum atomic E-state index is -0.930. The molecule has 6 heterocycles. The zero-order chi connectivity index (χ0) is 56.9. The number of aliphatic hydroxyl groups excluding tert-OH is 2. The highest BCUT2D eigenvalue weighted by atomic mass is 16.6. The Morgan fingerprint density at radius 3 is 2.38 bits per heavy atom. The van der Waals surface area contributed by atoms with E-state index in [0.29, 0.717) is 75.9 Å². The summed E-state index contributed by atoms with van der Waals surface area (Å²) in [6.07, 6.45) is 24.0. The van der Waals surface area contributed by atoms with Gasteiger partial charge in [0.05, 0.1) is 40.4 Å². The maximum absolute atomic E-state index is 16.5. The Balaban J connectivity index is 0.933. The smallest absolute Gasteiger partial charge is 0.160 e. The highest BCUT2D eigenvalue weighted by molar-refractivity contribution is 6.02. The van der Waals surface area contributed by atoms with Gasteiger partial charge in [-0.1, -0.05) is 84.9 Å². The van der Waals surface area contributed by atoms with Crippen LogP contribution < -0.4 is 5.32 Å². The summed E-state index contributed by atoms with van der Waals surface area (Å²) in [6.45, 7) is 18.9. The number of aromatic amines is 2. The van der Waals surface area contributed by atoms with E-state index in [1.54, 1.807) is 0 Å². The maximum atomic E-state index is 16.5. The van der Waals surface area contributed by atoms with Crippen LogP contribution in [0.4, 0.5) is 0 Å². The van der Waals surface area contributed by atoms with Gasteiger partial charge in [-0.05, 0) is 200 Å². The second-order valence-corrected chi connectivity index (χ2v) is 31.6. The molecule has 15 rings (SSSR count). The molecule has 442 valence electrons. The SMILES string of the molecule is CNCC[C@]1(C)C(=O)[C@H]2c3cc[nH]c3[C@H]3CC[C@@]2(C3)[C@@]2(C)[C@H]3[C@H](O)[C@@H]4Cn5cc(Cc6cc(C7CCCCC7)cc(C7(O)CCOCC7)c6)c6[nH]cc(c65)CC[C@@](C)(C[C@@H](O)[C@H]5OC5(C)C)C5=C4[C@](C)(CC5=O)[C@@]3(C)CC3(CCCC3)[C@H]21. The van der Waals surface area contributed by atoms with Crippen molar-refractivity contribution in [2.24, 2.45) is 55.7 Å². The minimum Gasteiger partial charge on any atom is -0.392 e. The number of fused-ring (bicyclic) bond motifs is 9. The Morgan fingerprint density at radius 1 is 0.890 bits per heavy atom. The molecule has 14 atom stereocenters. The van der Waals surface area contributed by atoms with E-state index in [0.717, 1.165) is 87.4 Å². The first-order chi connectivity index (χ1) is 39.1. The Morgan fingerprint density at radius 2 is 1.65 bits per heavy atom. The molecule has 6 N–H and O–H groups in total. The summed E-state index contributed by atoms with van der Waals surface area (Å²) in [7, 11) is 2.04. The lowest BCUT2D eigenvalue weighted by Gasteiger charge is -2.79. The fourth-order valence-corrected chi connectivity index (χ4v) is 23.8. The number of aromatic nitrogens is 3. The average Bonchev–Trinajstić information content (AvgIpc) is 1.09. The zero-order valence-corrected chi connectivity index (χ0v) is 50.8. The first kappa shape index (κ1) is 54.8. The lowest BCUT2D eigenvalue weighted by Crippen LogP contribution is -2.77. The number of ketones is 2. The van der Waals surface area contributed by atoms with Crippen molar-refractivity contribution in [2.75, 3.05) is 26.8 Å². The average molecular weight is 1120 g/mol. The summed E-state index contributed by atoms with van der Waals surface area (Å²) in [6, 6.07) is 9.32. The van der Waals surface area contributed by atoms with Crippen LogP contribution in [0.25, 0.3) is 11.0 Å². The van der Waals surface area contributed by atoms with E-state index in [2.05, 4.69) is 111 Å². The van der Waals surface area contributed by atoms with Crippen LogP contribution in [0.15, 0.2) is 54.0 Å². The number of nitrogens with zero attached hydrogens (tertiary/aromatic N) is 1. The van der Waals surface area contributed by atoms with E-state index in [4.69, 9.17) is 9.47 Å². The number of aryl methyl sites for hydroxylation is 1. The molecule has 11 nitrogen and oxygen atoms in total. The second-order valence-electron chi connectivity index (χ2n) is 31.6. The molecule has 4 aromatic rings. The van der Waals surface area contributed by atoms with Crippen molar-refractivity contribution >= 4 is 22.6 Å². The van der Waals surface area contributed by atoms with Crippen LogP contribution in [-0.4, -0.2) is 92.1 Å². The lowest BCUT2D eigenvalue weighted by atomic mass is 9.24. The first-order valence-corrected chi connectivity index (χ1v) is 32.9. The number of carbonyl (C=O) groups is 2. The molecule has 0 unspecified atom stereocenters. The third-order valence-electron chi connectivity index (χ3n) is 27.2. The number of carbonyl (C=O) groups excluding carboxylic acids is 2. The van der Waals surface area contributed by atoms with Gasteiger partial charge in [0, 0.05) is 92.0 Å². The highest BCUT2D eigenvalue weighted by Gasteiger charge is 2.84. The Labute approximate surface area is 487 Å². The van der Waals surface area contributed by atoms with Gasteiger partial charge in [0.15, 0.2) is 5.78 Å². The first-order valence-electron chi connectivity index (χ1n) is 32.9. The monoisotopic (exact) mass is 1120 g/mol. The quantitative estimate of drug-likeness (QED) is 0.0854. The molecule has 1 aromatic carbocycles. The van der Waals surface area contributed by atoms with Crippen molar-refractivity contribution < 1.29 is 34.4 Å². The van der Waals surface area contributed by atoms with Crippen LogP contribution in [0.3, 0.4) is 0 Å². The molecule has 2 spiro atoms. The molecule has 82 heavy (non-hydrogen) atoms. The Bertz CT molecular complexity index is 3290. The third-order valence-corrected chi connectivity index (χ3v) is 27.2. The van der Waals surface area contributed by atoms with Crippen molar-refractivity contribution in [2.45, 2.75) is 237 Å². The molecule has 8 aliphatic carbocycles. The van der Waals surface area contributed by atoms with Crippen LogP contribution in [0.1, 0.15) is 227 Å². The van der Waals surface area contributed by atoms with Crippen molar-refractivity contribution in [1.29, 1.82) is 0 Å². The van der Waals surface area contributed by atoms with Gasteiger partial charge in [0.25, 0.3) is 0 Å². The number of Topliss-reactive ketones (excluding diaryl/α,β-unsaturated/α-hetero) is 2. The summed E-state index contributed by atoms with van der Waals surface area (Å²) in [4.78, 5) is 40.3. The van der Waals surface area contributed by atoms with Gasteiger partial charge in [-0.3, -0.25) is 9.59 Å². The fourth-order valence-electron chi connectivity index (χ4n) is 23.8. The number of epoxide rings is 1. The summed E-state index contributed by atoms with van der Waals surface area (Å²) in [5, 5.41) is 43.2. The number of benzene rings is 1. The zero-order valence-electron chi connectivity index (χ0n) is 50.8. The topological polar surface area (TPSA) is 165 Å². The number of hydrogen-bond acceptors (Lipinski definition) is 8. The lowest BCUT2D eigenvalue weighted by molar-refractivity contribution is -0.303. The summed E-state index contributed by atoms with van der Waals surface area (Å²) >= 11 is 0. The molecule has 2 bridgehead atoms. The van der Waals surface area contributed by atoms with E-state index in [9.17, 15) is 15.3 Å². The maximum Gasteiger partial charge on any atom is 0.160 e. The van der Waals surface area contributed by atoms with Crippen LogP contribution in [0.5, 0.6) is 0 Å². The third kappa shape index (κ3) is 7.28. The van der Waals surface area contributed by atoms with E-state index >= 15 is 9.59 Å². The van der Waals surface area contributed by atoms with E-state index < -0.39 is 56.4 Å². The highest BCUT2D eigenvalue weighted by Crippen LogP contribution is 2.87. The normalized spacial score (nSPS) is 40.8. The van der Waals surface area contributed by atoms with Crippen molar-refractivity contribution in [1.82, 2.24) is 19.9 Å². The van der Waals surface area contributed by atoms with Crippen LogP contribution in [0, 0.1) is 55.7 Å². The molecule has 0 radical (unpaired) electrons. The largest absolute Gasteiger partial charge is 0.392 e. The molecule has 6 saturated carbocycles. The van der Waals surface area contributed by atoms with Crippen LogP contribution in [-0.2, 0) is 44.1 Å². The molecule has 3 aromatic heterocycles. The van der Waals surface area contributed by atoms with Crippen molar-refractivity contribution in [3.63, 3.8) is 0 Å². The van der Waals surface area contributed by atoms with E-state index in [-0.39, 0.29) is 40.5 Å². The number of nitrogens with one attached hydrogen (secondary N) is 3. The number of H-pyrrole nitrogens is 2. The molecule has 0 amide bonds. The van der Waals surface area contributed by atoms with Gasteiger partial charge in [0.2, 0.25) is 0 Å². The van der Waals surface area contributed by atoms with Gasteiger partial charge < -0.3 is 44.6 Å².